The number of nitrogens with zero attached hydrogens (tertiary/aromatic N) is 1. The summed E-state index contributed by atoms with van der Waals surface area (Å²) in [5, 5.41) is 1.07. The van der Waals surface area contributed by atoms with Gasteiger partial charge in [0.2, 0.25) is 0 Å². The van der Waals surface area contributed by atoms with Crippen LogP contribution in [0, 0.1) is 6.92 Å². The number of benzene rings is 1. The fraction of sp³-hybridized carbons (Fsp3) is 0.214. The minimum atomic E-state index is 0.673. The zero-order valence-corrected chi connectivity index (χ0v) is 10.7. The molecule has 0 saturated heterocycles. The molecule has 1 aromatic carbocycles. The maximum atomic E-state index is 5.54. The average Bonchev–Trinajstić information content (AvgIpc) is 2.34. The third kappa shape index (κ3) is 3.32. The quantitative estimate of drug-likeness (QED) is 0.898. The van der Waals surface area contributed by atoms with Crippen molar-refractivity contribution in [2.24, 2.45) is 5.73 Å². The summed E-state index contributed by atoms with van der Waals surface area (Å²) < 4.78 is 0. The van der Waals surface area contributed by atoms with Gasteiger partial charge in [-0.25, -0.2) is 4.98 Å². The molecule has 2 aromatic rings. The predicted octanol–water partition coefficient (Wildman–Crippen LogP) is 3.04. The highest BCUT2D eigenvalue weighted by molar-refractivity contribution is 7.99. The van der Waals surface area contributed by atoms with Crippen LogP contribution in [0.15, 0.2) is 52.5 Å². The lowest BCUT2D eigenvalue weighted by Gasteiger charge is -2.06. The number of nitrogens with two attached hydrogens (primary N) is 1. The lowest BCUT2D eigenvalue weighted by atomic mass is 10.2. The Bertz CT molecular complexity index is 483. The highest BCUT2D eigenvalue weighted by Gasteiger charge is 2.03. The van der Waals surface area contributed by atoms with E-state index >= 15 is 0 Å². The fourth-order valence-corrected chi connectivity index (χ4v) is 2.47. The molecule has 0 radical (unpaired) electrons. The first-order valence-electron chi connectivity index (χ1n) is 5.68. The lowest BCUT2D eigenvalue weighted by Crippen LogP contribution is -2.03. The van der Waals surface area contributed by atoms with E-state index in [1.807, 2.05) is 24.4 Å². The fourth-order valence-electron chi connectivity index (χ4n) is 1.63. The van der Waals surface area contributed by atoms with Crippen molar-refractivity contribution in [1.82, 2.24) is 4.98 Å². The van der Waals surface area contributed by atoms with E-state index in [1.165, 1.54) is 16.0 Å². The van der Waals surface area contributed by atoms with Crippen molar-refractivity contribution in [3.63, 3.8) is 0 Å². The van der Waals surface area contributed by atoms with Gasteiger partial charge in [-0.05, 0) is 43.1 Å². The van der Waals surface area contributed by atoms with Crippen LogP contribution in [0.25, 0.3) is 0 Å². The van der Waals surface area contributed by atoms with Crippen LogP contribution in [0.3, 0.4) is 0 Å². The Balaban J connectivity index is 2.17. The standard InChI is InChI=1S/C14H16N2S/c1-11-9-12(7-8-15)10-16-14(11)17-13-5-3-2-4-6-13/h2-6,9-10H,7-8,15H2,1H3. The van der Waals surface area contributed by atoms with Crippen LogP contribution >= 0.6 is 11.8 Å². The van der Waals surface area contributed by atoms with Crippen molar-refractivity contribution >= 4 is 11.8 Å². The molecule has 0 unspecified atom stereocenters. The van der Waals surface area contributed by atoms with Gasteiger partial charge in [-0.1, -0.05) is 36.0 Å². The van der Waals surface area contributed by atoms with Gasteiger partial charge in [-0.15, -0.1) is 0 Å². The van der Waals surface area contributed by atoms with E-state index in [9.17, 15) is 0 Å². The molecule has 1 heterocycles. The van der Waals surface area contributed by atoms with Gasteiger partial charge in [0.1, 0.15) is 5.03 Å². The van der Waals surface area contributed by atoms with E-state index in [0.717, 1.165) is 11.4 Å². The summed E-state index contributed by atoms with van der Waals surface area (Å²) in [6.45, 7) is 2.77. The third-order valence-electron chi connectivity index (χ3n) is 2.48. The number of pyridine rings is 1. The second kappa shape index (κ2) is 5.84. The van der Waals surface area contributed by atoms with Gasteiger partial charge in [-0.3, -0.25) is 0 Å². The molecule has 2 nitrogen and oxygen atoms in total. The van der Waals surface area contributed by atoms with E-state index in [-0.39, 0.29) is 0 Å². The molecule has 0 fully saturated rings. The highest BCUT2D eigenvalue weighted by atomic mass is 32.2. The minimum Gasteiger partial charge on any atom is -0.330 e. The number of hydrogen-bond acceptors (Lipinski definition) is 3. The normalized spacial score (nSPS) is 10.5. The van der Waals surface area contributed by atoms with Crippen LogP contribution in [0.1, 0.15) is 11.1 Å². The summed E-state index contributed by atoms with van der Waals surface area (Å²) in [7, 11) is 0. The Hall–Kier alpha value is -1.32. The van der Waals surface area contributed by atoms with E-state index in [0.29, 0.717) is 6.54 Å². The van der Waals surface area contributed by atoms with Crippen molar-refractivity contribution < 1.29 is 0 Å². The molecular weight excluding hydrogens is 228 g/mol. The second-order valence-electron chi connectivity index (χ2n) is 3.92. The van der Waals surface area contributed by atoms with Crippen LogP contribution in [-0.2, 0) is 6.42 Å². The van der Waals surface area contributed by atoms with Crippen LogP contribution < -0.4 is 5.73 Å². The first-order valence-corrected chi connectivity index (χ1v) is 6.50. The van der Waals surface area contributed by atoms with Gasteiger partial charge in [0.25, 0.3) is 0 Å². The molecule has 1 aromatic heterocycles. The van der Waals surface area contributed by atoms with E-state index in [2.05, 4.69) is 30.1 Å². The Labute approximate surface area is 106 Å². The van der Waals surface area contributed by atoms with Gasteiger partial charge in [0.15, 0.2) is 0 Å². The van der Waals surface area contributed by atoms with Gasteiger partial charge < -0.3 is 5.73 Å². The Morgan fingerprint density at radius 3 is 2.65 bits per heavy atom. The molecule has 0 saturated carbocycles. The van der Waals surface area contributed by atoms with Crippen LogP contribution in [-0.4, -0.2) is 11.5 Å². The molecule has 0 aliphatic carbocycles. The molecule has 2 rings (SSSR count). The molecule has 0 spiro atoms. The summed E-state index contributed by atoms with van der Waals surface area (Å²) >= 11 is 1.70. The van der Waals surface area contributed by atoms with Gasteiger partial charge in [0, 0.05) is 11.1 Å². The minimum absolute atomic E-state index is 0.673. The summed E-state index contributed by atoms with van der Waals surface area (Å²) in [5.74, 6) is 0. The Morgan fingerprint density at radius 1 is 1.24 bits per heavy atom. The molecular formula is C14H16N2S. The maximum Gasteiger partial charge on any atom is 0.104 e. The summed E-state index contributed by atoms with van der Waals surface area (Å²) in [6.07, 6.45) is 2.81. The molecule has 2 N–H and O–H groups in total. The molecule has 17 heavy (non-hydrogen) atoms. The van der Waals surface area contributed by atoms with Gasteiger partial charge >= 0.3 is 0 Å². The molecule has 0 aliphatic rings. The van der Waals surface area contributed by atoms with Crippen molar-refractivity contribution in [1.29, 1.82) is 0 Å². The second-order valence-corrected chi connectivity index (χ2v) is 4.98. The zero-order valence-electron chi connectivity index (χ0n) is 9.89. The number of aryl methyl sites for hydroxylation is 1. The molecule has 0 atom stereocenters. The maximum absolute atomic E-state index is 5.54. The summed E-state index contributed by atoms with van der Waals surface area (Å²) in [6, 6.07) is 12.5. The first kappa shape index (κ1) is 12.1. The largest absolute Gasteiger partial charge is 0.330 e. The average molecular weight is 244 g/mol. The number of hydrogen-bond donors (Lipinski definition) is 1. The van der Waals surface area contributed by atoms with Gasteiger partial charge in [-0.2, -0.15) is 0 Å². The Morgan fingerprint density at radius 2 is 2.00 bits per heavy atom. The van der Waals surface area contributed by atoms with Crippen LogP contribution in [0.5, 0.6) is 0 Å². The highest BCUT2D eigenvalue weighted by Crippen LogP contribution is 2.28. The SMILES string of the molecule is Cc1cc(CCN)cnc1Sc1ccccc1. The third-order valence-corrected chi connectivity index (χ3v) is 3.61. The van der Waals surface area contributed by atoms with Crippen molar-refractivity contribution in [3.05, 3.63) is 53.7 Å². The topological polar surface area (TPSA) is 38.9 Å². The summed E-state index contributed by atoms with van der Waals surface area (Å²) in [5.41, 5.74) is 7.96. The number of aromatic nitrogens is 1. The molecule has 0 bridgehead atoms. The summed E-state index contributed by atoms with van der Waals surface area (Å²) in [4.78, 5) is 5.72. The predicted molar refractivity (Wildman–Crippen MR) is 72.3 cm³/mol. The Kier molecular flexibility index (Phi) is 4.18. The van der Waals surface area contributed by atoms with Crippen molar-refractivity contribution in [2.45, 2.75) is 23.3 Å². The number of rotatable bonds is 4. The molecule has 88 valence electrons. The monoisotopic (exact) mass is 244 g/mol. The van der Waals surface area contributed by atoms with Crippen molar-refractivity contribution in [2.75, 3.05) is 6.54 Å². The first-order chi connectivity index (χ1) is 8.29. The lowest BCUT2D eigenvalue weighted by molar-refractivity contribution is 0.935. The van der Waals surface area contributed by atoms with E-state index < -0.39 is 0 Å². The zero-order chi connectivity index (χ0) is 12.1. The molecule has 0 aliphatic heterocycles. The van der Waals surface area contributed by atoms with Crippen LogP contribution in [0.4, 0.5) is 0 Å². The van der Waals surface area contributed by atoms with E-state index in [1.54, 1.807) is 11.8 Å². The van der Waals surface area contributed by atoms with Gasteiger partial charge in [0.05, 0.1) is 0 Å². The van der Waals surface area contributed by atoms with E-state index in [4.69, 9.17) is 5.73 Å². The molecule has 3 heteroatoms. The smallest absolute Gasteiger partial charge is 0.104 e. The van der Waals surface area contributed by atoms with Crippen molar-refractivity contribution in [3.8, 4) is 0 Å². The molecule has 0 amide bonds. The van der Waals surface area contributed by atoms with Crippen LogP contribution in [0.2, 0.25) is 0 Å².